The summed E-state index contributed by atoms with van der Waals surface area (Å²) in [6, 6.07) is 8.53. The third-order valence-electron chi connectivity index (χ3n) is 3.44. The van der Waals surface area contributed by atoms with E-state index in [-0.39, 0.29) is 39.8 Å². The molecule has 1 N–H and O–H groups in total. The summed E-state index contributed by atoms with van der Waals surface area (Å²) in [5.41, 5.74) is 0.198. The van der Waals surface area contributed by atoms with Crippen LogP contribution in [-0.2, 0) is 11.0 Å². The van der Waals surface area contributed by atoms with E-state index in [1.165, 1.54) is 26.8 Å². The van der Waals surface area contributed by atoms with Gasteiger partial charge in [-0.25, -0.2) is 0 Å². The molecule has 0 aliphatic carbocycles. The number of halogens is 3. The molecule has 0 radical (unpaired) electrons. The molecule has 2 rings (SSSR count). The second-order valence-electron chi connectivity index (χ2n) is 5.51. The zero-order chi connectivity index (χ0) is 18.8. The maximum Gasteiger partial charge on any atom is 0.416 e. The van der Waals surface area contributed by atoms with Crippen LogP contribution in [0, 0.1) is 25.2 Å². The fourth-order valence-corrected chi connectivity index (χ4v) is 2.40. The van der Waals surface area contributed by atoms with Crippen molar-refractivity contribution in [3.8, 4) is 17.6 Å². The minimum atomic E-state index is -4.46. The Morgan fingerprint density at radius 2 is 1.76 bits per heavy atom. The summed E-state index contributed by atoms with van der Waals surface area (Å²) in [5, 5.41) is 11.8. The smallest absolute Gasteiger partial charge is 0.416 e. The van der Waals surface area contributed by atoms with Gasteiger partial charge in [0, 0.05) is 6.92 Å². The molecule has 130 valence electrons. The number of hydrogen-bond acceptors (Lipinski definition) is 3. The van der Waals surface area contributed by atoms with Crippen molar-refractivity contribution in [1.82, 2.24) is 0 Å². The third-order valence-corrected chi connectivity index (χ3v) is 3.44. The van der Waals surface area contributed by atoms with E-state index in [2.05, 4.69) is 5.32 Å². The van der Waals surface area contributed by atoms with Crippen molar-refractivity contribution in [3.05, 3.63) is 52.6 Å². The van der Waals surface area contributed by atoms with E-state index < -0.39 is 11.7 Å². The number of rotatable bonds is 3. The molecule has 0 fully saturated rings. The van der Waals surface area contributed by atoms with Crippen molar-refractivity contribution in [3.63, 3.8) is 0 Å². The largest absolute Gasteiger partial charge is 0.453 e. The number of amides is 1. The molecule has 2 aromatic carbocycles. The van der Waals surface area contributed by atoms with Crippen molar-refractivity contribution >= 4 is 11.6 Å². The van der Waals surface area contributed by atoms with Crippen LogP contribution in [0.25, 0.3) is 0 Å². The van der Waals surface area contributed by atoms with Crippen LogP contribution in [0.3, 0.4) is 0 Å². The number of para-hydroxylation sites is 1. The van der Waals surface area contributed by atoms with Crippen LogP contribution in [-0.4, -0.2) is 5.91 Å². The Bertz CT molecular complexity index is 845. The first-order chi connectivity index (χ1) is 11.6. The Morgan fingerprint density at radius 3 is 2.24 bits per heavy atom. The number of ether oxygens (including phenoxy) is 1. The number of anilines is 1. The summed E-state index contributed by atoms with van der Waals surface area (Å²) >= 11 is 0. The van der Waals surface area contributed by atoms with Crippen LogP contribution in [0.5, 0.6) is 11.5 Å². The lowest BCUT2D eigenvalue weighted by atomic mass is 10.0. The third kappa shape index (κ3) is 4.10. The Hall–Kier alpha value is -3.01. The number of nitrogens with one attached hydrogen (secondary N) is 1. The van der Waals surface area contributed by atoms with Gasteiger partial charge in [-0.15, -0.1) is 0 Å². The van der Waals surface area contributed by atoms with E-state index in [0.29, 0.717) is 0 Å². The van der Waals surface area contributed by atoms with Gasteiger partial charge < -0.3 is 10.1 Å². The molecule has 0 aliphatic rings. The van der Waals surface area contributed by atoms with E-state index in [0.717, 1.165) is 12.1 Å². The van der Waals surface area contributed by atoms with Crippen LogP contribution in [0.4, 0.5) is 18.9 Å². The van der Waals surface area contributed by atoms with E-state index in [9.17, 15) is 23.2 Å². The van der Waals surface area contributed by atoms with Crippen LogP contribution < -0.4 is 10.1 Å². The average Bonchev–Trinajstić information content (AvgIpc) is 2.50. The van der Waals surface area contributed by atoms with Gasteiger partial charge in [0.15, 0.2) is 5.75 Å². The number of alkyl halides is 3. The number of nitrogens with zero attached hydrogens (tertiary/aromatic N) is 1. The lowest BCUT2D eigenvalue weighted by Gasteiger charge is -2.18. The first-order valence-electron chi connectivity index (χ1n) is 7.30. The van der Waals surface area contributed by atoms with Crippen molar-refractivity contribution in [2.24, 2.45) is 0 Å². The topological polar surface area (TPSA) is 62.1 Å². The summed E-state index contributed by atoms with van der Waals surface area (Å²) in [7, 11) is 0. The minimum Gasteiger partial charge on any atom is -0.453 e. The lowest BCUT2D eigenvalue weighted by Crippen LogP contribution is -2.09. The second-order valence-corrected chi connectivity index (χ2v) is 5.51. The van der Waals surface area contributed by atoms with Gasteiger partial charge in [-0.1, -0.05) is 6.07 Å². The monoisotopic (exact) mass is 348 g/mol. The molecule has 2 aromatic rings. The highest BCUT2D eigenvalue weighted by atomic mass is 19.4. The van der Waals surface area contributed by atoms with E-state index in [1.54, 1.807) is 12.1 Å². The molecular formula is C18H15F3N2O2. The summed E-state index contributed by atoms with van der Waals surface area (Å²) in [6.45, 7) is 4.28. The maximum atomic E-state index is 12.9. The molecule has 0 saturated heterocycles. The predicted octanol–water partition coefficient (Wildman–Crippen LogP) is 4.94. The molecule has 25 heavy (non-hydrogen) atoms. The molecule has 0 spiro atoms. The first-order valence-corrected chi connectivity index (χ1v) is 7.30. The lowest BCUT2D eigenvalue weighted by molar-refractivity contribution is -0.137. The summed E-state index contributed by atoms with van der Waals surface area (Å²) in [5.74, 6) is -0.0609. The Kier molecular flexibility index (Phi) is 5.02. The van der Waals surface area contributed by atoms with Crippen molar-refractivity contribution < 1.29 is 22.7 Å². The SMILES string of the molecule is CC(=O)Nc1cccc(C#N)c1Oc1c(C)cc(C(F)(F)F)cc1C. The van der Waals surface area contributed by atoms with Gasteiger partial charge in [-0.3, -0.25) is 4.79 Å². The number of benzene rings is 2. The molecule has 0 saturated carbocycles. The molecular weight excluding hydrogens is 333 g/mol. The molecule has 0 aliphatic heterocycles. The van der Waals surface area contributed by atoms with Crippen LogP contribution in [0.15, 0.2) is 30.3 Å². The molecule has 0 heterocycles. The Labute approximate surface area is 142 Å². The normalized spacial score (nSPS) is 10.9. The van der Waals surface area contributed by atoms with E-state index in [4.69, 9.17) is 4.74 Å². The summed E-state index contributed by atoms with van der Waals surface area (Å²) < 4.78 is 44.5. The van der Waals surface area contributed by atoms with Gasteiger partial charge in [0.1, 0.15) is 11.8 Å². The zero-order valence-corrected chi connectivity index (χ0v) is 13.8. The predicted molar refractivity (Wildman–Crippen MR) is 86.5 cm³/mol. The highest BCUT2D eigenvalue weighted by molar-refractivity contribution is 5.91. The molecule has 0 aromatic heterocycles. The number of carbonyl (C=O) groups excluding carboxylic acids is 1. The molecule has 0 bridgehead atoms. The average molecular weight is 348 g/mol. The molecule has 1 amide bonds. The summed E-state index contributed by atoms with van der Waals surface area (Å²) in [6.07, 6.45) is -4.46. The fourth-order valence-electron chi connectivity index (χ4n) is 2.40. The van der Waals surface area contributed by atoms with E-state index >= 15 is 0 Å². The van der Waals surface area contributed by atoms with Crippen molar-refractivity contribution in [1.29, 1.82) is 5.26 Å². The van der Waals surface area contributed by atoms with Gasteiger partial charge in [0.25, 0.3) is 0 Å². The number of aryl methyl sites for hydroxylation is 2. The standard InChI is InChI=1S/C18H15F3N2O2/c1-10-7-14(18(19,20)21)8-11(2)16(10)25-17-13(9-22)5-4-6-15(17)23-12(3)24/h4-8H,1-3H3,(H,23,24). The van der Waals surface area contributed by atoms with Gasteiger partial charge in [0.05, 0.1) is 16.8 Å². The molecule has 4 nitrogen and oxygen atoms in total. The Balaban J connectivity index is 2.54. The van der Waals surface area contributed by atoms with Gasteiger partial charge >= 0.3 is 6.18 Å². The van der Waals surface area contributed by atoms with Crippen molar-refractivity contribution in [2.45, 2.75) is 26.9 Å². The fraction of sp³-hybridized carbons (Fsp3) is 0.222. The quantitative estimate of drug-likeness (QED) is 0.854. The van der Waals surface area contributed by atoms with E-state index in [1.807, 2.05) is 6.07 Å². The Morgan fingerprint density at radius 1 is 1.16 bits per heavy atom. The highest BCUT2D eigenvalue weighted by Crippen LogP contribution is 2.39. The van der Waals surface area contributed by atoms with Crippen molar-refractivity contribution in [2.75, 3.05) is 5.32 Å². The van der Waals surface area contributed by atoms with Gasteiger partial charge in [0.2, 0.25) is 5.91 Å². The first kappa shape index (κ1) is 18.3. The zero-order valence-electron chi connectivity index (χ0n) is 13.8. The summed E-state index contributed by atoms with van der Waals surface area (Å²) in [4.78, 5) is 11.3. The van der Waals surface area contributed by atoms with Gasteiger partial charge in [-0.2, -0.15) is 18.4 Å². The van der Waals surface area contributed by atoms with Gasteiger partial charge in [-0.05, 0) is 49.2 Å². The van der Waals surface area contributed by atoms with Crippen LogP contribution in [0.1, 0.15) is 29.2 Å². The minimum absolute atomic E-state index is 0.0890. The molecule has 0 unspecified atom stereocenters. The number of carbonyl (C=O) groups is 1. The second kappa shape index (κ2) is 6.85. The molecule has 0 atom stereocenters. The molecule has 7 heteroatoms. The number of nitriles is 1. The van der Waals surface area contributed by atoms with Crippen LogP contribution in [0.2, 0.25) is 0 Å². The highest BCUT2D eigenvalue weighted by Gasteiger charge is 2.31. The number of hydrogen-bond donors (Lipinski definition) is 1. The maximum absolute atomic E-state index is 12.9. The van der Waals surface area contributed by atoms with Crippen LogP contribution >= 0.6 is 0 Å².